The molecular formula is C21H22N4O. The third-order valence-corrected chi connectivity index (χ3v) is 4.96. The van der Waals surface area contributed by atoms with Crippen molar-refractivity contribution < 1.29 is 4.79 Å². The zero-order valence-corrected chi connectivity index (χ0v) is 14.9. The van der Waals surface area contributed by atoms with Gasteiger partial charge in [0.15, 0.2) is 0 Å². The summed E-state index contributed by atoms with van der Waals surface area (Å²) in [5.41, 5.74) is 3.29. The van der Waals surface area contributed by atoms with Gasteiger partial charge in [0.25, 0.3) is 0 Å². The van der Waals surface area contributed by atoms with E-state index in [0.29, 0.717) is 6.42 Å². The average molecular weight is 346 g/mol. The Labute approximate surface area is 153 Å². The molecule has 5 heteroatoms. The Kier molecular flexibility index (Phi) is 4.52. The zero-order valence-electron chi connectivity index (χ0n) is 14.9. The van der Waals surface area contributed by atoms with Crippen LogP contribution in [0, 0.1) is 0 Å². The molecular weight excluding hydrogens is 324 g/mol. The van der Waals surface area contributed by atoms with Crippen molar-refractivity contribution in [2.24, 2.45) is 0 Å². The lowest BCUT2D eigenvalue weighted by Crippen LogP contribution is -2.48. The Balaban J connectivity index is 1.66. The number of hydrogen-bond acceptors (Lipinski definition) is 4. The van der Waals surface area contributed by atoms with E-state index in [1.807, 2.05) is 30.0 Å². The van der Waals surface area contributed by atoms with Gasteiger partial charge in [-0.15, -0.1) is 0 Å². The predicted octanol–water partition coefficient (Wildman–Crippen LogP) is 3.36. The number of nitrogens with zero attached hydrogens (tertiary/aromatic N) is 4. The highest BCUT2D eigenvalue weighted by atomic mass is 16.2. The van der Waals surface area contributed by atoms with E-state index in [1.54, 1.807) is 6.33 Å². The number of benzene rings is 2. The second-order valence-corrected chi connectivity index (χ2v) is 6.52. The van der Waals surface area contributed by atoms with Crippen LogP contribution >= 0.6 is 0 Å². The van der Waals surface area contributed by atoms with E-state index in [-0.39, 0.29) is 5.91 Å². The van der Waals surface area contributed by atoms with Crippen LogP contribution in [0.2, 0.25) is 0 Å². The fourth-order valence-electron chi connectivity index (χ4n) is 3.50. The first-order valence-corrected chi connectivity index (χ1v) is 9.09. The Morgan fingerprint density at radius 3 is 2.46 bits per heavy atom. The van der Waals surface area contributed by atoms with Crippen molar-refractivity contribution in [1.29, 1.82) is 0 Å². The van der Waals surface area contributed by atoms with Gasteiger partial charge in [0.05, 0.1) is 5.52 Å². The SMILES string of the molecule is CCC(=O)N1CCN(c2ncnc3ccc(-c4ccccc4)cc23)CC1. The molecule has 2 heterocycles. The lowest BCUT2D eigenvalue weighted by Gasteiger charge is -2.35. The summed E-state index contributed by atoms with van der Waals surface area (Å²) in [6.45, 7) is 5.01. The normalized spacial score (nSPS) is 14.7. The van der Waals surface area contributed by atoms with Crippen LogP contribution in [0.15, 0.2) is 54.9 Å². The van der Waals surface area contributed by atoms with Gasteiger partial charge in [-0.05, 0) is 23.3 Å². The fraction of sp³-hybridized carbons (Fsp3) is 0.286. The number of carbonyl (C=O) groups excluding carboxylic acids is 1. The summed E-state index contributed by atoms with van der Waals surface area (Å²) in [5.74, 6) is 1.18. The van der Waals surface area contributed by atoms with Gasteiger partial charge in [-0.25, -0.2) is 9.97 Å². The minimum atomic E-state index is 0.226. The van der Waals surface area contributed by atoms with Crippen molar-refractivity contribution in [3.05, 3.63) is 54.9 Å². The molecule has 1 aliphatic rings. The Hall–Kier alpha value is -2.95. The van der Waals surface area contributed by atoms with Gasteiger partial charge < -0.3 is 9.80 Å². The number of carbonyl (C=O) groups is 1. The van der Waals surface area contributed by atoms with E-state index in [2.05, 4.69) is 45.2 Å². The quantitative estimate of drug-likeness (QED) is 0.730. The minimum Gasteiger partial charge on any atom is -0.352 e. The monoisotopic (exact) mass is 346 g/mol. The molecule has 5 nitrogen and oxygen atoms in total. The number of hydrogen-bond donors (Lipinski definition) is 0. The van der Waals surface area contributed by atoms with Gasteiger partial charge in [0.1, 0.15) is 12.1 Å². The first kappa shape index (κ1) is 16.5. The average Bonchev–Trinajstić information content (AvgIpc) is 2.73. The third-order valence-electron chi connectivity index (χ3n) is 4.96. The standard InChI is InChI=1S/C21H22N4O/c1-2-20(26)24-10-12-25(13-11-24)21-18-14-17(16-6-4-3-5-7-16)8-9-19(18)22-15-23-21/h3-9,14-15H,2,10-13H2,1H3. The van der Waals surface area contributed by atoms with Gasteiger partial charge in [0.2, 0.25) is 5.91 Å². The molecule has 0 saturated carbocycles. The summed E-state index contributed by atoms with van der Waals surface area (Å²) < 4.78 is 0. The predicted molar refractivity (Wildman–Crippen MR) is 104 cm³/mol. The van der Waals surface area contributed by atoms with Gasteiger partial charge in [-0.3, -0.25) is 4.79 Å². The number of aromatic nitrogens is 2. The molecule has 0 bridgehead atoms. The molecule has 1 aromatic heterocycles. The van der Waals surface area contributed by atoms with Crippen molar-refractivity contribution >= 4 is 22.6 Å². The maximum absolute atomic E-state index is 11.9. The number of anilines is 1. The first-order chi connectivity index (χ1) is 12.8. The first-order valence-electron chi connectivity index (χ1n) is 9.09. The van der Waals surface area contributed by atoms with Crippen molar-refractivity contribution in [1.82, 2.24) is 14.9 Å². The van der Waals surface area contributed by atoms with Crippen molar-refractivity contribution in [2.45, 2.75) is 13.3 Å². The molecule has 132 valence electrons. The smallest absolute Gasteiger partial charge is 0.222 e. The zero-order chi connectivity index (χ0) is 17.9. The van der Waals surface area contributed by atoms with Crippen LogP contribution in [0.1, 0.15) is 13.3 Å². The molecule has 1 amide bonds. The third kappa shape index (κ3) is 3.12. The molecule has 3 aromatic rings. The van der Waals surface area contributed by atoms with Crippen LogP contribution in [-0.2, 0) is 4.79 Å². The number of fused-ring (bicyclic) bond motifs is 1. The van der Waals surface area contributed by atoms with Crippen LogP contribution in [0.5, 0.6) is 0 Å². The van der Waals surface area contributed by atoms with E-state index in [4.69, 9.17) is 0 Å². The van der Waals surface area contributed by atoms with Crippen LogP contribution < -0.4 is 4.90 Å². The van der Waals surface area contributed by atoms with Gasteiger partial charge >= 0.3 is 0 Å². The van der Waals surface area contributed by atoms with Gasteiger partial charge in [-0.2, -0.15) is 0 Å². The van der Waals surface area contributed by atoms with E-state index in [1.165, 1.54) is 5.56 Å². The summed E-state index contributed by atoms with van der Waals surface area (Å²) >= 11 is 0. The highest BCUT2D eigenvalue weighted by molar-refractivity contribution is 5.93. The van der Waals surface area contributed by atoms with E-state index >= 15 is 0 Å². The number of amides is 1. The topological polar surface area (TPSA) is 49.3 Å². The lowest BCUT2D eigenvalue weighted by atomic mass is 10.0. The Morgan fingerprint density at radius 2 is 1.73 bits per heavy atom. The maximum atomic E-state index is 11.9. The largest absolute Gasteiger partial charge is 0.352 e. The van der Waals surface area contributed by atoms with Gasteiger partial charge in [-0.1, -0.05) is 43.3 Å². The molecule has 0 radical (unpaired) electrons. The van der Waals surface area contributed by atoms with Crippen LogP contribution in [-0.4, -0.2) is 47.0 Å². The summed E-state index contributed by atoms with van der Waals surface area (Å²) in [6.07, 6.45) is 2.19. The minimum absolute atomic E-state index is 0.226. The second kappa shape index (κ2) is 7.12. The summed E-state index contributed by atoms with van der Waals surface area (Å²) in [4.78, 5) is 25.1. The number of rotatable bonds is 3. The summed E-state index contributed by atoms with van der Waals surface area (Å²) in [7, 11) is 0. The molecule has 2 aromatic carbocycles. The molecule has 26 heavy (non-hydrogen) atoms. The van der Waals surface area contributed by atoms with Gasteiger partial charge in [0, 0.05) is 38.0 Å². The molecule has 0 unspecified atom stereocenters. The van der Waals surface area contributed by atoms with E-state index in [9.17, 15) is 4.79 Å². The lowest BCUT2D eigenvalue weighted by molar-refractivity contribution is -0.131. The summed E-state index contributed by atoms with van der Waals surface area (Å²) in [5, 5.41) is 1.06. The Morgan fingerprint density at radius 1 is 0.962 bits per heavy atom. The van der Waals surface area contributed by atoms with Crippen LogP contribution in [0.3, 0.4) is 0 Å². The van der Waals surface area contributed by atoms with Crippen molar-refractivity contribution in [3.8, 4) is 11.1 Å². The van der Waals surface area contributed by atoms with Crippen molar-refractivity contribution in [3.63, 3.8) is 0 Å². The molecule has 0 N–H and O–H groups in total. The molecule has 1 aliphatic heterocycles. The van der Waals surface area contributed by atoms with Crippen LogP contribution in [0.4, 0.5) is 5.82 Å². The molecule has 0 spiro atoms. The Bertz CT molecular complexity index is 918. The molecule has 0 atom stereocenters. The number of piperazine rings is 1. The highest BCUT2D eigenvalue weighted by Crippen LogP contribution is 2.29. The summed E-state index contributed by atoms with van der Waals surface area (Å²) in [6, 6.07) is 16.7. The molecule has 4 rings (SSSR count). The molecule has 1 saturated heterocycles. The fourth-order valence-corrected chi connectivity index (χ4v) is 3.50. The molecule has 1 fully saturated rings. The second-order valence-electron chi connectivity index (χ2n) is 6.52. The maximum Gasteiger partial charge on any atom is 0.222 e. The van der Waals surface area contributed by atoms with Crippen LogP contribution in [0.25, 0.3) is 22.0 Å². The van der Waals surface area contributed by atoms with Crippen molar-refractivity contribution in [2.75, 3.05) is 31.1 Å². The molecule has 0 aliphatic carbocycles. The highest BCUT2D eigenvalue weighted by Gasteiger charge is 2.22. The van der Waals surface area contributed by atoms with E-state index < -0.39 is 0 Å². The van der Waals surface area contributed by atoms with E-state index in [0.717, 1.165) is 48.5 Å².